The van der Waals surface area contributed by atoms with E-state index < -0.39 is 9.84 Å². The molecule has 2 aliphatic rings. The van der Waals surface area contributed by atoms with Gasteiger partial charge in [0, 0.05) is 19.6 Å². The van der Waals surface area contributed by atoms with Gasteiger partial charge >= 0.3 is 0 Å². The van der Waals surface area contributed by atoms with E-state index in [9.17, 15) is 8.42 Å². The molecule has 3 rings (SSSR count). The first kappa shape index (κ1) is 18.2. The first-order valence-corrected chi connectivity index (χ1v) is 11.1. The zero-order valence-corrected chi connectivity index (χ0v) is 15.8. The number of nitrogens with zero attached hydrogens (tertiary/aromatic N) is 1. The van der Waals surface area contributed by atoms with Gasteiger partial charge in [0.25, 0.3) is 0 Å². The van der Waals surface area contributed by atoms with E-state index in [4.69, 9.17) is 0 Å². The standard InChI is InChI=1S/C19H29N3O2S/c1-20-19(22-18-11-12-25(23,24)14-18)21-13-15-7-9-17(10-8-15)16-5-3-2-4-6-16/h2-6,15,17-18H,7-14H2,1H3,(H2,20,21,22). The van der Waals surface area contributed by atoms with Crippen LogP contribution in [0.1, 0.15) is 43.6 Å². The Kier molecular flexibility index (Phi) is 5.99. The van der Waals surface area contributed by atoms with Crippen molar-refractivity contribution in [2.24, 2.45) is 10.9 Å². The summed E-state index contributed by atoms with van der Waals surface area (Å²) < 4.78 is 23.1. The fourth-order valence-electron chi connectivity index (χ4n) is 3.96. The van der Waals surface area contributed by atoms with Crippen LogP contribution in [0.2, 0.25) is 0 Å². The fourth-order valence-corrected chi connectivity index (χ4v) is 5.64. The summed E-state index contributed by atoms with van der Waals surface area (Å²) in [6.07, 6.45) is 5.60. The van der Waals surface area contributed by atoms with Gasteiger partial charge in [-0.1, -0.05) is 30.3 Å². The van der Waals surface area contributed by atoms with Gasteiger partial charge in [0.1, 0.15) is 0 Å². The highest BCUT2D eigenvalue weighted by Crippen LogP contribution is 2.35. The summed E-state index contributed by atoms with van der Waals surface area (Å²) in [6.45, 7) is 0.903. The average molecular weight is 364 g/mol. The van der Waals surface area contributed by atoms with Crippen molar-refractivity contribution in [2.75, 3.05) is 25.1 Å². The quantitative estimate of drug-likeness (QED) is 0.636. The van der Waals surface area contributed by atoms with E-state index >= 15 is 0 Å². The molecule has 6 heteroatoms. The van der Waals surface area contributed by atoms with E-state index in [1.54, 1.807) is 7.05 Å². The Hall–Kier alpha value is -1.56. The van der Waals surface area contributed by atoms with Gasteiger partial charge < -0.3 is 10.6 Å². The number of sulfone groups is 1. The molecule has 2 N–H and O–H groups in total. The normalized spacial score (nSPS) is 29.3. The van der Waals surface area contributed by atoms with Gasteiger partial charge in [0.05, 0.1) is 11.5 Å². The number of hydrogen-bond donors (Lipinski definition) is 2. The molecule has 1 heterocycles. The minimum absolute atomic E-state index is 0.00924. The zero-order chi connectivity index (χ0) is 17.7. The van der Waals surface area contributed by atoms with Crippen LogP contribution in [0.4, 0.5) is 0 Å². The van der Waals surface area contributed by atoms with Crippen molar-refractivity contribution in [2.45, 2.75) is 44.1 Å². The maximum Gasteiger partial charge on any atom is 0.191 e. The lowest BCUT2D eigenvalue weighted by atomic mass is 9.79. The highest BCUT2D eigenvalue weighted by atomic mass is 32.2. The molecule has 25 heavy (non-hydrogen) atoms. The van der Waals surface area contributed by atoms with Gasteiger partial charge in [-0.2, -0.15) is 0 Å². The van der Waals surface area contributed by atoms with Gasteiger partial charge in [-0.15, -0.1) is 0 Å². The predicted molar refractivity (Wildman–Crippen MR) is 103 cm³/mol. The molecule has 5 nitrogen and oxygen atoms in total. The number of guanidine groups is 1. The molecule has 1 unspecified atom stereocenters. The maximum absolute atomic E-state index is 11.6. The van der Waals surface area contributed by atoms with Crippen molar-refractivity contribution in [1.29, 1.82) is 0 Å². The molecule has 1 aliphatic heterocycles. The summed E-state index contributed by atoms with van der Waals surface area (Å²) in [5.74, 6) is 2.58. The fraction of sp³-hybridized carbons (Fsp3) is 0.632. The van der Waals surface area contributed by atoms with Crippen molar-refractivity contribution in [3.8, 4) is 0 Å². The molecule has 0 spiro atoms. The van der Waals surface area contributed by atoms with Crippen LogP contribution < -0.4 is 10.6 Å². The van der Waals surface area contributed by atoms with Crippen molar-refractivity contribution < 1.29 is 8.42 Å². The Morgan fingerprint density at radius 2 is 1.84 bits per heavy atom. The van der Waals surface area contributed by atoms with E-state index in [-0.39, 0.29) is 17.5 Å². The average Bonchev–Trinajstić information content (AvgIpc) is 2.98. The molecule has 0 radical (unpaired) electrons. The molecular formula is C19H29N3O2S. The van der Waals surface area contributed by atoms with E-state index in [1.165, 1.54) is 31.2 Å². The summed E-state index contributed by atoms with van der Waals surface area (Å²) in [4.78, 5) is 4.25. The van der Waals surface area contributed by atoms with Crippen LogP contribution >= 0.6 is 0 Å². The Morgan fingerprint density at radius 1 is 1.12 bits per heavy atom. The highest BCUT2D eigenvalue weighted by Gasteiger charge is 2.28. The highest BCUT2D eigenvalue weighted by molar-refractivity contribution is 7.91. The summed E-state index contributed by atoms with van der Waals surface area (Å²) >= 11 is 0. The summed E-state index contributed by atoms with van der Waals surface area (Å²) in [5.41, 5.74) is 1.47. The van der Waals surface area contributed by atoms with E-state index in [2.05, 4.69) is 46.0 Å². The second-order valence-electron chi connectivity index (χ2n) is 7.33. The van der Waals surface area contributed by atoms with Crippen LogP contribution in [0.3, 0.4) is 0 Å². The molecule has 2 fully saturated rings. The molecule has 1 aliphatic carbocycles. The van der Waals surface area contributed by atoms with Crippen molar-refractivity contribution in [3.63, 3.8) is 0 Å². The molecule has 1 saturated heterocycles. The number of nitrogens with one attached hydrogen (secondary N) is 2. The lowest BCUT2D eigenvalue weighted by Crippen LogP contribution is -2.45. The third kappa shape index (κ3) is 5.21. The molecule has 1 aromatic carbocycles. The molecular weight excluding hydrogens is 334 g/mol. The molecule has 138 valence electrons. The SMILES string of the molecule is CN=C(NCC1CCC(c2ccccc2)CC1)NC1CCS(=O)(=O)C1. The molecule has 0 aromatic heterocycles. The van der Waals surface area contributed by atoms with Crippen molar-refractivity contribution in [3.05, 3.63) is 35.9 Å². The van der Waals surface area contributed by atoms with E-state index in [0.717, 1.165) is 12.5 Å². The van der Waals surface area contributed by atoms with Crippen molar-refractivity contribution >= 4 is 15.8 Å². The molecule has 0 bridgehead atoms. The number of benzene rings is 1. The van der Waals surface area contributed by atoms with E-state index in [0.29, 0.717) is 18.3 Å². The second-order valence-corrected chi connectivity index (χ2v) is 9.55. The number of rotatable bonds is 4. The van der Waals surface area contributed by atoms with Crippen LogP contribution in [0, 0.1) is 5.92 Å². The Bertz CT molecular complexity index is 680. The maximum atomic E-state index is 11.6. The topological polar surface area (TPSA) is 70.6 Å². The van der Waals surface area contributed by atoms with Crippen LogP contribution in [-0.2, 0) is 9.84 Å². The summed E-state index contributed by atoms with van der Waals surface area (Å²) in [6, 6.07) is 10.8. The first-order valence-electron chi connectivity index (χ1n) is 9.28. The lowest BCUT2D eigenvalue weighted by Gasteiger charge is -2.29. The van der Waals surface area contributed by atoms with E-state index in [1.807, 2.05) is 0 Å². The van der Waals surface area contributed by atoms with Gasteiger partial charge in [0.15, 0.2) is 15.8 Å². The van der Waals surface area contributed by atoms with Gasteiger partial charge in [-0.05, 0) is 49.5 Å². The molecule has 1 aromatic rings. The largest absolute Gasteiger partial charge is 0.356 e. The Labute approximate surface area is 151 Å². The minimum atomic E-state index is -2.86. The number of hydrogen-bond acceptors (Lipinski definition) is 3. The summed E-state index contributed by atoms with van der Waals surface area (Å²) in [7, 11) is -1.12. The van der Waals surface area contributed by atoms with Gasteiger partial charge in [-0.3, -0.25) is 4.99 Å². The van der Waals surface area contributed by atoms with Gasteiger partial charge in [0.2, 0.25) is 0 Å². The smallest absolute Gasteiger partial charge is 0.191 e. The van der Waals surface area contributed by atoms with Crippen LogP contribution in [0.5, 0.6) is 0 Å². The number of aliphatic imine (C=N–C) groups is 1. The van der Waals surface area contributed by atoms with Crippen LogP contribution in [0.15, 0.2) is 35.3 Å². The predicted octanol–water partition coefficient (Wildman–Crippen LogP) is 2.31. The first-order chi connectivity index (χ1) is 12.1. The Morgan fingerprint density at radius 3 is 2.44 bits per heavy atom. The second kappa shape index (κ2) is 8.21. The van der Waals surface area contributed by atoms with Crippen molar-refractivity contribution in [1.82, 2.24) is 10.6 Å². The van der Waals surface area contributed by atoms with Crippen LogP contribution in [0.25, 0.3) is 0 Å². The van der Waals surface area contributed by atoms with Gasteiger partial charge in [-0.25, -0.2) is 8.42 Å². The molecule has 1 saturated carbocycles. The third-order valence-corrected chi connectivity index (χ3v) is 7.24. The molecule has 1 atom stereocenters. The Balaban J connectivity index is 1.41. The zero-order valence-electron chi connectivity index (χ0n) is 14.9. The summed E-state index contributed by atoms with van der Waals surface area (Å²) in [5, 5.41) is 6.65. The lowest BCUT2D eigenvalue weighted by molar-refractivity contribution is 0.324. The minimum Gasteiger partial charge on any atom is -0.356 e. The third-order valence-electron chi connectivity index (χ3n) is 5.47. The van der Waals surface area contributed by atoms with Crippen LogP contribution in [-0.4, -0.2) is 45.5 Å². The monoisotopic (exact) mass is 363 g/mol. The molecule has 0 amide bonds.